The number of carbonyl (C=O) groups is 1. The number of rotatable bonds is 7. The van der Waals surface area contributed by atoms with Crippen LogP contribution >= 0.6 is 11.8 Å². The van der Waals surface area contributed by atoms with Crippen LogP contribution in [0.1, 0.15) is 23.6 Å². The van der Waals surface area contributed by atoms with Gasteiger partial charge >= 0.3 is 0 Å². The number of nitriles is 1. The molecule has 1 amide bonds. The number of hydrogen-bond acceptors (Lipinski definition) is 5. The van der Waals surface area contributed by atoms with Crippen molar-refractivity contribution in [1.82, 2.24) is 4.98 Å². The number of nitrogens with one attached hydrogen (secondary N) is 1. The van der Waals surface area contributed by atoms with Gasteiger partial charge in [-0.25, -0.2) is 4.98 Å². The van der Waals surface area contributed by atoms with Gasteiger partial charge in [0.1, 0.15) is 16.8 Å². The number of ether oxygens (including phenoxy) is 1. The second-order valence-electron chi connectivity index (χ2n) is 8.56. The molecule has 0 radical (unpaired) electrons. The zero-order valence-electron chi connectivity index (χ0n) is 20.7. The summed E-state index contributed by atoms with van der Waals surface area (Å²) in [4.78, 5) is 17.8. The number of benzene rings is 3. The van der Waals surface area contributed by atoms with Crippen LogP contribution in [-0.4, -0.2) is 23.3 Å². The van der Waals surface area contributed by atoms with E-state index in [4.69, 9.17) is 9.72 Å². The minimum Gasteiger partial charge on any atom is -0.497 e. The Morgan fingerprint density at radius 3 is 2.11 bits per heavy atom. The highest BCUT2D eigenvalue weighted by Crippen LogP contribution is 2.36. The number of amides is 1. The highest BCUT2D eigenvalue weighted by Gasteiger charge is 2.21. The fraction of sp³-hybridized carbons (Fsp3) is 0.167. The minimum absolute atomic E-state index is 0.152. The lowest BCUT2D eigenvalue weighted by Crippen LogP contribution is -2.22. The van der Waals surface area contributed by atoms with Gasteiger partial charge in [0, 0.05) is 16.8 Å². The summed E-state index contributed by atoms with van der Waals surface area (Å²) in [7, 11) is 1.62. The zero-order valence-corrected chi connectivity index (χ0v) is 21.5. The molecule has 0 saturated heterocycles. The minimum atomic E-state index is -0.470. The number of thioether (sulfide) groups is 1. The highest BCUT2D eigenvalue weighted by molar-refractivity contribution is 8.00. The van der Waals surface area contributed by atoms with Crippen LogP contribution in [0.25, 0.3) is 22.4 Å². The maximum Gasteiger partial charge on any atom is 0.237 e. The van der Waals surface area contributed by atoms with E-state index in [2.05, 4.69) is 11.4 Å². The number of anilines is 1. The van der Waals surface area contributed by atoms with Gasteiger partial charge in [-0.3, -0.25) is 4.79 Å². The molecule has 1 aromatic heterocycles. The molecule has 1 heterocycles. The molecule has 0 bridgehead atoms. The van der Waals surface area contributed by atoms with Gasteiger partial charge in [-0.2, -0.15) is 5.26 Å². The summed E-state index contributed by atoms with van der Waals surface area (Å²) in [5.74, 6) is 0.586. The molecule has 0 spiro atoms. The molecular weight excluding hydrogens is 466 g/mol. The topological polar surface area (TPSA) is 75.0 Å². The molecule has 180 valence electrons. The molecule has 0 fully saturated rings. The van der Waals surface area contributed by atoms with E-state index in [1.807, 2.05) is 99.6 Å². The zero-order chi connectivity index (χ0) is 25.7. The van der Waals surface area contributed by atoms with Gasteiger partial charge < -0.3 is 10.1 Å². The van der Waals surface area contributed by atoms with Crippen LogP contribution in [0.5, 0.6) is 5.75 Å². The van der Waals surface area contributed by atoms with Crippen molar-refractivity contribution >= 4 is 23.4 Å². The van der Waals surface area contributed by atoms with Crippen molar-refractivity contribution in [3.63, 3.8) is 0 Å². The first-order chi connectivity index (χ1) is 17.4. The van der Waals surface area contributed by atoms with Crippen LogP contribution in [0.3, 0.4) is 0 Å². The average Bonchev–Trinajstić information content (AvgIpc) is 2.90. The smallest absolute Gasteiger partial charge is 0.237 e. The second-order valence-corrected chi connectivity index (χ2v) is 9.89. The van der Waals surface area contributed by atoms with Crippen molar-refractivity contribution in [1.29, 1.82) is 5.26 Å². The highest BCUT2D eigenvalue weighted by atomic mass is 32.2. The van der Waals surface area contributed by atoms with Crippen molar-refractivity contribution < 1.29 is 9.53 Å². The van der Waals surface area contributed by atoms with Crippen LogP contribution < -0.4 is 10.1 Å². The second kappa shape index (κ2) is 11.1. The molecule has 0 aliphatic rings. The van der Waals surface area contributed by atoms with Gasteiger partial charge in [-0.1, -0.05) is 71.4 Å². The molecular formula is C30H27N3O2S. The predicted molar refractivity (Wildman–Crippen MR) is 146 cm³/mol. The monoisotopic (exact) mass is 493 g/mol. The normalized spacial score (nSPS) is 11.4. The quantitative estimate of drug-likeness (QED) is 0.280. The average molecular weight is 494 g/mol. The van der Waals surface area contributed by atoms with E-state index >= 15 is 0 Å². The van der Waals surface area contributed by atoms with Crippen LogP contribution in [0.2, 0.25) is 0 Å². The summed E-state index contributed by atoms with van der Waals surface area (Å²) in [5.41, 5.74) is 6.78. The molecule has 1 N–H and O–H groups in total. The predicted octanol–water partition coefficient (Wildman–Crippen LogP) is 7.03. The van der Waals surface area contributed by atoms with Crippen molar-refractivity contribution in [2.24, 2.45) is 0 Å². The molecule has 1 unspecified atom stereocenters. The van der Waals surface area contributed by atoms with E-state index < -0.39 is 5.25 Å². The number of methoxy groups -OCH3 is 1. The van der Waals surface area contributed by atoms with Gasteiger partial charge in [0.2, 0.25) is 5.91 Å². The number of aryl methyl sites for hydroxylation is 2. The number of carbonyl (C=O) groups excluding carboxylic acids is 1. The lowest BCUT2D eigenvalue weighted by molar-refractivity contribution is -0.115. The van der Waals surface area contributed by atoms with Crippen LogP contribution in [-0.2, 0) is 4.79 Å². The first kappa shape index (κ1) is 25.0. The van der Waals surface area contributed by atoms with E-state index in [1.54, 1.807) is 7.11 Å². The maximum atomic E-state index is 13.0. The molecule has 1 atom stereocenters. The first-order valence-corrected chi connectivity index (χ1v) is 12.5. The third-order valence-electron chi connectivity index (χ3n) is 5.82. The Morgan fingerprint density at radius 2 is 1.53 bits per heavy atom. The van der Waals surface area contributed by atoms with Crippen molar-refractivity contribution in [3.05, 3.63) is 95.6 Å². The van der Waals surface area contributed by atoms with E-state index in [0.29, 0.717) is 10.6 Å². The van der Waals surface area contributed by atoms with Crippen LogP contribution in [0, 0.1) is 25.2 Å². The van der Waals surface area contributed by atoms with E-state index in [1.165, 1.54) is 11.8 Å². The van der Waals surface area contributed by atoms with Gasteiger partial charge in [0.25, 0.3) is 0 Å². The van der Waals surface area contributed by atoms with Crippen LogP contribution in [0.15, 0.2) is 83.9 Å². The third-order valence-corrected chi connectivity index (χ3v) is 6.91. The molecule has 5 nitrogen and oxygen atoms in total. The molecule has 0 aliphatic heterocycles. The molecule has 0 saturated carbocycles. The standard InChI is InChI=1S/C30H27N3O2S/c1-19-5-9-23(10-6-19)28-17-26(22-11-15-25(35-4)16-12-22)27(18-31)30(33-28)36-21(3)29(34)32-24-13-7-20(2)8-14-24/h5-17,21H,1-4H3,(H,32,34). The Labute approximate surface area is 216 Å². The fourth-order valence-electron chi connectivity index (χ4n) is 3.69. The summed E-state index contributed by atoms with van der Waals surface area (Å²) in [5, 5.41) is 13.1. The van der Waals surface area contributed by atoms with Gasteiger partial charge in [-0.05, 0) is 56.7 Å². The summed E-state index contributed by atoms with van der Waals surface area (Å²) in [6.45, 7) is 5.86. The summed E-state index contributed by atoms with van der Waals surface area (Å²) >= 11 is 1.28. The number of nitrogens with zero attached hydrogens (tertiary/aromatic N) is 2. The molecule has 0 aliphatic carbocycles. The Bertz CT molecular complexity index is 1410. The van der Waals surface area contributed by atoms with Crippen LogP contribution in [0.4, 0.5) is 5.69 Å². The van der Waals surface area contributed by atoms with E-state index in [9.17, 15) is 10.1 Å². The van der Waals surface area contributed by atoms with E-state index in [0.717, 1.165) is 44.9 Å². The molecule has 6 heteroatoms. The van der Waals surface area contributed by atoms with Gasteiger partial charge in [0.05, 0.1) is 23.6 Å². The Kier molecular flexibility index (Phi) is 7.72. The third kappa shape index (κ3) is 5.76. The largest absolute Gasteiger partial charge is 0.497 e. The lowest BCUT2D eigenvalue weighted by atomic mass is 9.99. The van der Waals surface area contributed by atoms with Gasteiger partial charge in [-0.15, -0.1) is 0 Å². The van der Waals surface area contributed by atoms with E-state index in [-0.39, 0.29) is 5.91 Å². The molecule has 36 heavy (non-hydrogen) atoms. The summed E-state index contributed by atoms with van der Waals surface area (Å²) in [6.07, 6.45) is 0. The van der Waals surface area contributed by atoms with Crippen molar-refractivity contribution in [2.75, 3.05) is 12.4 Å². The number of pyridine rings is 1. The SMILES string of the molecule is COc1ccc(-c2cc(-c3ccc(C)cc3)nc(SC(C)C(=O)Nc3ccc(C)cc3)c2C#N)cc1. The van der Waals surface area contributed by atoms with Crippen molar-refractivity contribution in [3.8, 4) is 34.2 Å². The lowest BCUT2D eigenvalue weighted by Gasteiger charge is -2.16. The molecule has 4 rings (SSSR count). The Hall–Kier alpha value is -4.08. The van der Waals surface area contributed by atoms with Crippen molar-refractivity contribution in [2.45, 2.75) is 31.0 Å². The Morgan fingerprint density at radius 1 is 0.944 bits per heavy atom. The molecule has 3 aromatic carbocycles. The molecule has 4 aromatic rings. The Balaban J connectivity index is 1.73. The number of hydrogen-bond donors (Lipinski definition) is 1. The number of aromatic nitrogens is 1. The fourth-order valence-corrected chi connectivity index (χ4v) is 4.61. The summed E-state index contributed by atoms with van der Waals surface area (Å²) < 4.78 is 5.30. The summed E-state index contributed by atoms with van der Waals surface area (Å²) in [6, 6.07) is 27.6. The maximum absolute atomic E-state index is 13.0. The van der Waals surface area contributed by atoms with Gasteiger partial charge in [0.15, 0.2) is 0 Å². The first-order valence-electron chi connectivity index (χ1n) is 11.6.